The number of amides is 1. The van der Waals surface area contributed by atoms with E-state index >= 15 is 0 Å². The molecule has 0 radical (unpaired) electrons. The number of carbonyl (C=O) groups is 2. The van der Waals surface area contributed by atoms with Crippen molar-refractivity contribution in [3.05, 3.63) is 71.6 Å². The Labute approximate surface area is 167 Å². The number of ether oxygens (including phenoxy) is 1. The molecular formula is C23H22N2O4. The molecule has 0 saturated carbocycles. The first-order chi connectivity index (χ1) is 14.0. The maximum absolute atomic E-state index is 12.7. The normalized spacial score (nSPS) is 12.2. The summed E-state index contributed by atoms with van der Waals surface area (Å²) in [6.45, 7) is 1.99. The first kappa shape index (κ1) is 18.8. The summed E-state index contributed by atoms with van der Waals surface area (Å²) >= 11 is 0. The molecule has 148 valence electrons. The largest absolute Gasteiger partial charge is 0.467 e. The molecule has 2 aromatic carbocycles. The molecule has 0 bridgehead atoms. The van der Waals surface area contributed by atoms with Crippen molar-refractivity contribution in [2.75, 3.05) is 7.11 Å². The molecule has 6 heteroatoms. The lowest BCUT2D eigenvalue weighted by atomic mass is 10.0. The van der Waals surface area contributed by atoms with Crippen LogP contribution in [0.3, 0.4) is 0 Å². The van der Waals surface area contributed by atoms with Crippen LogP contribution in [0.4, 0.5) is 0 Å². The quantitative estimate of drug-likeness (QED) is 0.492. The maximum atomic E-state index is 12.7. The van der Waals surface area contributed by atoms with Crippen molar-refractivity contribution >= 4 is 33.7 Å². The van der Waals surface area contributed by atoms with E-state index in [4.69, 9.17) is 9.15 Å². The summed E-state index contributed by atoms with van der Waals surface area (Å²) < 4.78 is 10.5. The number of methoxy groups -OCH3 is 1. The van der Waals surface area contributed by atoms with E-state index in [0.717, 1.165) is 38.6 Å². The molecule has 1 unspecified atom stereocenters. The van der Waals surface area contributed by atoms with Gasteiger partial charge in [0.25, 0.3) is 0 Å². The highest BCUT2D eigenvalue weighted by Gasteiger charge is 2.24. The Balaban J connectivity index is 1.51. The Morgan fingerprint density at radius 1 is 1.14 bits per heavy atom. The Kier molecular flexibility index (Phi) is 5.08. The molecule has 1 amide bonds. The fourth-order valence-corrected chi connectivity index (χ4v) is 3.60. The van der Waals surface area contributed by atoms with E-state index in [1.54, 1.807) is 6.26 Å². The van der Waals surface area contributed by atoms with Crippen molar-refractivity contribution in [2.24, 2.45) is 0 Å². The second-order valence-electron chi connectivity index (χ2n) is 7.14. The molecule has 2 heterocycles. The fourth-order valence-electron chi connectivity index (χ4n) is 3.60. The number of nitrogens with one attached hydrogen (secondary N) is 2. The zero-order valence-electron chi connectivity index (χ0n) is 16.3. The number of aryl methyl sites for hydroxylation is 1. The number of fused-ring (bicyclic) bond motifs is 2. The molecule has 0 spiro atoms. The predicted molar refractivity (Wildman–Crippen MR) is 111 cm³/mol. The molecule has 0 aliphatic carbocycles. The number of esters is 1. The molecule has 4 rings (SSSR count). The Bertz CT molecular complexity index is 1190. The monoisotopic (exact) mass is 390 g/mol. The predicted octanol–water partition coefficient (Wildman–Crippen LogP) is 3.67. The van der Waals surface area contributed by atoms with Crippen LogP contribution in [-0.4, -0.2) is 30.0 Å². The Morgan fingerprint density at radius 2 is 1.97 bits per heavy atom. The summed E-state index contributed by atoms with van der Waals surface area (Å²) in [7, 11) is 1.32. The second kappa shape index (κ2) is 7.83. The first-order valence-electron chi connectivity index (χ1n) is 9.44. The summed E-state index contributed by atoms with van der Waals surface area (Å²) in [5, 5.41) is 4.74. The number of hydrogen-bond donors (Lipinski definition) is 2. The third kappa shape index (κ3) is 3.87. The van der Waals surface area contributed by atoms with E-state index < -0.39 is 12.0 Å². The molecule has 1 atom stereocenters. The van der Waals surface area contributed by atoms with Crippen LogP contribution in [0.15, 0.2) is 59.3 Å². The summed E-state index contributed by atoms with van der Waals surface area (Å²) in [6, 6.07) is 12.9. The number of hydrogen-bond acceptors (Lipinski definition) is 4. The average Bonchev–Trinajstić information content (AvgIpc) is 3.31. The topological polar surface area (TPSA) is 84.3 Å². The summed E-state index contributed by atoms with van der Waals surface area (Å²) in [5.41, 5.74) is 4.55. The second-order valence-corrected chi connectivity index (χ2v) is 7.14. The number of para-hydroxylation sites is 1. The van der Waals surface area contributed by atoms with Crippen molar-refractivity contribution < 1.29 is 18.7 Å². The SMILES string of the molecule is COC(=O)C(Cc1c[nH]c2ccccc12)NC(=O)Cc1coc2cc(C)ccc12. The van der Waals surface area contributed by atoms with E-state index in [2.05, 4.69) is 10.3 Å². The van der Waals surface area contributed by atoms with Gasteiger partial charge in [-0.3, -0.25) is 4.79 Å². The van der Waals surface area contributed by atoms with Gasteiger partial charge in [0.05, 0.1) is 19.8 Å². The lowest BCUT2D eigenvalue weighted by molar-refractivity contribution is -0.145. The number of carbonyl (C=O) groups excluding carboxylic acids is 2. The van der Waals surface area contributed by atoms with Gasteiger partial charge in [-0.05, 0) is 30.2 Å². The zero-order valence-corrected chi connectivity index (χ0v) is 16.3. The van der Waals surface area contributed by atoms with Gasteiger partial charge >= 0.3 is 5.97 Å². The minimum atomic E-state index is -0.771. The third-order valence-corrected chi connectivity index (χ3v) is 5.08. The van der Waals surface area contributed by atoms with E-state index in [1.165, 1.54) is 7.11 Å². The van der Waals surface area contributed by atoms with Crippen molar-refractivity contribution in [1.29, 1.82) is 0 Å². The molecule has 6 nitrogen and oxygen atoms in total. The Morgan fingerprint density at radius 3 is 2.79 bits per heavy atom. The van der Waals surface area contributed by atoms with Crippen LogP contribution < -0.4 is 5.32 Å². The first-order valence-corrected chi connectivity index (χ1v) is 9.44. The highest BCUT2D eigenvalue weighted by atomic mass is 16.5. The molecule has 0 aliphatic heterocycles. The van der Waals surface area contributed by atoms with E-state index in [0.29, 0.717) is 6.42 Å². The van der Waals surface area contributed by atoms with Gasteiger partial charge in [-0.1, -0.05) is 30.3 Å². The number of H-pyrrole nitrogens is 1. The van der Waals surface area contributed by atoms with Gasteiger partial charge in [-0.15, -0.1) is 0 Å². The Hall–Kier alpha value is -3.54. The highest BCUT2D eigenvalue weighted by Crippen LogP contribution is 2.23. The van der Waals surface area contributed by atoms with Crippen LogP contribution in [0.5, 0.6) is 0 Å². The van der Waals surface area contributed by atoms with Gasteiger partial charge in [0.2, 0.25) is 5.91 Å². The number of aromatic nitrogens is 1. The van der Waals surface area contributed by atoms with E-state index in [-0.39, 0.29) is 12.3 Å². The van der Waals surface area contributed by atoms with Crippen molar-refractivity contribution in [2.45, 2.75) is 25.8 Å². The summed E-state index contributed by atoms with van der Waals surface area (Å²) in [5.74, 6) is -0.736. The van der Waals surface area contributed by atoms with Crippen LogP contribution in [0.2, 0.25) is 0 Å². The molecule has 29 heavy (non-hydrogen) atoms. The number of furan rings is 1. The minimum absolute atomic E-state index is 0.122. The van der Waals surface area contributed by atoms with E-state index in [9.17, 15) is 9.59 Å². The van der Waals surface area contributed by atoms with Crippen LogP contribution in [0, 0.1) is 6.92 Å². The van der Waals surface area contributed by atoms with Crippen LogP contribution in [-0.2, 0) is 27.2 Å². The van der Waals surface area contributed by atoms with E-state index in [1.807, 2.05) is 55.6 Å². The van der Waals surface area contributed by atoms with Gasteiger partial charge in [0.15, 0.2) is 0 Å². The third-order valence-electron chi connectivity index (χ3n) is 5.08. The van der Waals surface area contributed by atoms with Crippen LogP contribution in [0.25, 0.3) is 21.9 Å². The maximum Gasteiger partial charge on any atom is 0.328 e. The molecule has 0 saturated heterocycles. The molecular weight excluding hydrogens is 368 g/mol. The number of aromatic amines is 1. The molecule has 2 aromatic heterocycles. The summed E-state index contributed by atoms with van der Waals surface area (Å²) in [6.07, 6.45) is 3.92. The minimum Gasteiger partial charge on any atom is -0.467 e. The highest BCUT2D eigenvalue weighted by molar-refractivity contribution is 5.91. The van der Waals surface area contributed by atoms with Crippen molar-refractivity contribution in [3.8, 4) is 0 Å². The average molecular weight is 390 g/mol. The fraction of sp³-hybridized carbons (Fsp3) is 0.217. The molecule has 0 aliphatic rings. The smallest absolute Gasteiger partial charge is 0.328 e. The molecule has 4 aromatic rings. The van der Waals surface area contributed by atoms with Crippen LogP contribution in [0.1, 0.15) is 16.7 Å². The van der Waals surface area contributed by atoms with Crippen molar-refractivity contribution in [3.63, 3.8) is 0 Å². The molecule has 2 N–H and O–H groups in total. The molecule has 0 fully saturated rings. The van der Waals surface area contributed by atoms with Gasteiger partial charge < -0.3 is 19.5 Å². The lowest BCUT2D eigenvalue weighted by Gasteiger charge is -2.16. The van der Waals surface area contributed by atoms with Gasteiger partial charge in [-0.25, -0.2) is 4.79 Å². The van der Waals surface area contributed by atoms with Crippen molar-refractivity contribution in [1.82, 2.24) is 10.3 Å². The zero-order chi connectivity index (χ0) is 20.4. The lowest BCUT2D eigenvalue weighted by Crippen LogP contribution is -2.43. The number of rotatable bonds is 6. The van der Waals surface area contributed by atoms with Gasteiger partial charge in [0, 0.05) is 34.5 Å². The number of benzene rings is 2. The van der Waals surface area contributed by atoms with Crippen LogP contribution >= 0.6 is 0 Å². The van der Waals surface area contributed by atoms with Gasteiger partial charge in [0.1, 0.15) is 11.6 Å². The summed E-state index contributed by atoms with van der Waals surface area (Å²) in [4.78, 5) is 28.2. The standard InChI is InChI=1S/C23H22N2O4/c1-14-7-8-18-16(13-29-21(18)9-14)11-22(26)25-20(23(27)28-2)10-15-12-24-19-6-4-3-5-17(15)19/h3-9,12-13,20,24H,10-11H2,1-2H3,(H,25,26). The van der Waals surface area contributed by atoms with Gasteiger partial charge in [-0.2, -0.15) is 0 Å².